The van der Waals surface area contributed by atoms with Crippen LogP contribution in [-0.4, -0.2) is 20.1 Å². The maximum absolute atomic E-state index is 3.64. The summed E-state index contributed by atoms with van der Waals surface area (Å²) in [6, 6.07) is 0. The number of hydrogen-bond donors (Lipinski definition) is 0. The second-order valence-corrected chi connectivity index (χ2v) is 4.59. The maximum atomic E-state index is 3.64. The Hall–Kier alpha value is 1.30. The topological polar surface area (TPSA) is 0 Å². The van der Waals surface area contributed by atoms with Crippen molar-refractivity contribution in [2.75, 3.05) is 0 Å². The molecule has 81 valence electrons. The van der Waals surface area contributed by atoms with Gasteiger partial charge in [0.25, 0.3) is 0 Å². The Morgan fingerprint density at radius 1 is 0.786 bits per heavy atom. The van der Waals surface area contributed by atoms with Gasteiger partial charge in [0.05, 0.1) is 0 Å². The zero-order valence-corrected chi connectivity index (χ0v) is 14.3. The van der Waals surface area contributed by atoms with E-state index in [9.17, 15) is 0 Å². The van der Waals surface area contributed by atoms with Crippen molar-refractivity contribution in [1.82, 2.24) is 0 Å². The predicted octanol–water partition coefficient (Wildman–Crippen LogP) is 3.99. The van der Waals surface area contributed by atoms with Crippen LogP contribution >= 0.6 is 0 Å². The van der Waals surface area contributed by atoms with Crippen LogP contribution in [0.15, 0.2) is 0 Å². The van der Waals surface area contributed by atoms with Crippen LogP contribution in [0.1, 0.15) is 6.92 Å². The van der Waals surface area contributed by atoms with E-state index < -0.39 is 0 Å². The third-order valence-corrected chi connectivity index (χ3v) is 0.816. The molecule has 0 fully saturated rings. The molecule has 0 aromatic rings. The van der Waals surface area contributed by atoms with Gasteiger partial charge in [-0.3, -0.25) is 0 Å². The van der Waals surface area contributed by atoms with Crippen molar-refractivity contribution in [1.29, 1.82) is 0 Å². The van der Waals surface area contributed by atoms with Crippen LogP contribution in [0.3, 0.4) is 0 Å². The van der Waals surface area contributed by atoms with Crippen molar-refractivity contribution in [3.05, 3.63) is 13.6 Å². The van der Waals surface area contributed by atoms with E-state index in [0.717, 1.165) is 6.71 Å². The third-order valence-electron chi connectivity index (χ3n) is 0.816. The molecular weight excluding hydrogens is 241 g/mol. The van der Waals surface area contributed by atoms with Gasteiger partial charge in [0.1, 0.15) is 6.71 Å². The molecule has 0 N–H and O–H groups in total. The SMILES string of the molecule is CCB(C)C.[CH2-]B(C)C.[CH2-]B(C)C.[Y]. The van der Waals surface area contributed by atoms with Crippen molar-refractivity contribution in [2.45, 2.75) is 54.2 Å². The predicted molar refractivity (Wildman–Crippen MR) is 73.6 cm³/mol. The summed E-state index contributed by atoms with van der Waals surface area (Å²) >= 11 is 0. The molecule has 0 saturated carbocycles. The minimum absolute atomic E-state index is 0. The van der Waals surface area contributed by atoms with Gasteiger partial charge in [0.2, 0.25) is 0 Å². The molecule has 0 rings (SSSR count). The van der Waals surface area contributed by atoms with Crippen LogP contribution in [0.4, 0.5) is 0 Å². The average molecular weight is 269 g/mol. The van der Waals surface area contributed by atoms with E-state index in [1.807, 2.05) is 0 Å². The smallest absolute Gasteiger partial charge is 0.133 e. The van der Waals surface area contributed by atoms with Gasteiger partial charge in [-0.2, -0.15) is 0 Å². The standard InChI is InChI=1S/C4H11B.2C3H8B.Y/c1-4-5(2)3;2*1-4(2)3;/h4H2,1-3H3;2*1H2,2-3H3;/q;2*-1;. The van der Waals surface area contributed by atoms with Crippen molar-refractivity contribution >= 4 is 20.1 Å². The molecule has 0 aliphatic heterocycles. The normalized spacial score (nSPS) is 6.64. The number of hydrogen-bond acceptors (Lipinski definition) is 0. The van der Waals surface area contributed by atoms with E-state index in [-0.39, 0.29) is 32.7 Å². The number of rotatable bonds is 1. The Kier molecular flexibility index (Phi) is 34.7. The minimum Gasteiger partial charge on any atom is -0.365 e. The molecule has 1 radical (unpaired) electrons. The zero-order valence-electron chi connectivity index (χ0n) is 11.4. The molecule has 0 aromatic heterocycles. The summed E-state index contributed by atoms with van der Waals surface area (Å²) in [7, 11) is 0. The Bertz CT molecular complexity index is 64.3. The monoisotopic (exact) mass is 269 g/mol. The Morgan fingerprint density at radius 3 is 0.857 bits per heavy atom. The molecule has 0 saturated heterocycles. The quantitative estimate of drug-likeness (QED) is 0.498. The van der Waals surface area contributed by atoms with Gasteiger partial charge in [0, 0.05) is 32.7 Å². The summed E-state index contributed by atoms with van der Waals surface area (Å²) in [6.45, 7) is 24.2. The molecule has 0 aliphatic rings. The summed E-state index contributed by atoms with van der Waals surface area (Å²) in [4.78, 5) is 0. The summed E-state index contributed by atoms with van der Waals surface area (Å²) in [5.74, 6) is 0. The minimum atomic E-state index is 0. The van der Waals surface area contributed by atoms with Crippen LogP contribution in [0.5, 0.6) is 0 Å². The molecule has 0 aliphatic carbocycles. The van der Waals surface area contributed by atoms with Gasteiger partial charge in [-0.15, -0.1) is 27.3 Å². The largest absolute Gasteiger partial charge is 0.365 e. The summed E-state index contributed by atoms with van der Waals surface area (Å²) in [5.41, 5.74) is 0. The van der Waals surface area contributed by atoms with Crippen LogP contribution in [0.25, 0.3) is 0 Å². The molecule has 14 heavy (non-hydrogen) atoms. The first-order valence-corrected chi connectivity index (χ1v) is 5.40. The Balaban J connectivity index is -0.0000000522. The van der Waals surface area contributed by atoms with Gasteiger partial charge in [-0.25, -0.2) is 0 Å². The fourth-order valence-corrected chi connectivity index (χ4v) is 0. The Morgan fingerprint density at radius 2 is 0.857 bits per heavy atom. The van der Waals surface area contributed by atoms with Crippen molar-refractivity contribution < 1.29 is 32.7 Å². The summed E-state index contributed by atoms with van der Waals surface area (Å²) in [5, 5.41) is 0. The van der Waals surface area contributed by atoms with E-state index in [4.69, 9.17) is 0 Å². The van der Waals surface area contributed by atoms with E-state index in [2.05, 4.69) is 61.5 Å². The molecule has 0 amide bonds. The average Bonchev–Trinajstić information content (AvgIpc) is 1.84. The second kappa shape index (κ2) is 19.8. The fraction of sp³-hybridized carbons (Fsp3) is 0.800. The first-order valence-electron chi connectivity index (χ1n) is 5.40. The van der Waals surface area contributed by atoms with Crippen LogP contribution < -0.4 is 0 Å². The van der Waals surface area contributed by atoms with Gasteiger partial charge < -0.3 is 13.6 Å². The molecule has 4 heteroatoms. The first-order chi connectivity index (χ1) is 5.73. The van der Waals surface area contributed by atoms with Crippen LogP contribution in [0.2, 0.25) is 47.3 Å². The molecule has 0 unspecified atom stereocenters. The molecule has 0 spiro atoms. The van der Waals surface area contributed by atoms with Crippen molar-refractivity contribution in [3.8, 4) is 0 Å². The van der Waals surface area contributed by atoms with Crippen LogP contribution in [-0.2, 0) is 32.7 Å². The Labute approximate surface area is 120 Å². The van der Waals surface area contributed by atoms with Crippen LogP contribution in [0, 0.1) is 13.6 Å². The molecule has 0 atom stereocenters. The molecular formula is C10H27B3Y-2. The molecule has 0 bridgehead atoms. The molecule has 0 aromatic carbocycles. The first kappa shape index (κ1) is 24.5. The van der Waals surface area contributed by atoms with E-state index >= 15 is 0 Å². The second-order valence-electron chi connectivity index (χ2n) is 4.59. The summed E-state index contributed by atoms with van der Waals surface area (Å²) in [6.07, 6.45) is 1.31. The van der Waals surface area contributed by atoms with Gasteiger partial charge in [0.15, 0.2) is 0 Å². The summed E-state index contributed by atoms with van der Waals surface area (Å²) < 4.78 is 0. The molecule has 0 nitrogen and oxygen atoms in total. The third kappa shape index (κ3) is 185. The van der Waals surface area contributed by atoms with E-state index in [1.54, 1.807) is 0 Å². The van der Waals surface area contributed by atoms with Gasteiger partial charge in [-0.1, -0.05) is 26.9 Å². The van der Waals surface area contributed by atoms with E-state index in [0.29, 0.717) is 13.4 Å². The van der Waals surface area contributed by atoms with Gasteiger partial charge >= 0.3 is 0 Å². The van der Waals surface area contributed by atoms with Gasteiger partial charge in [-0.05, 0) is 13.4 Å². The fourth-order valence-electron chi connectivity index (χ4n) is 0. The van der Waals surface area contributed by atoms with E-state index in [1.165, 1.54) is 6.32 Å². The molecule has 0 heterocycles. The van der Waals surface area contributed by atoms with Crippen molar-refractivity contribution in [2.24, 2.45) is 0 Å². The van der Waals surface area contributed by atoms with Crippen molar-refractivity contribution in [3.63, 3.8) is 0 Å². The zero-order chi connectivity index (χ0) is 11.4. The maximum Gasteiger partial charge on any atom is 0.133 e.